The molecular weight excluding hydrogens is 320 g/mol. The van der Waals surface area contributed by atoms with Crippen LogP contribution < -0.4 is 5.32 Å². The molecule has 1 N–H and O–H groups in total. The van der Waals surface area contributed by atoms with E-state index in [1.54, 1.807) is 12.1 Å². The Morgan fingerprint density at radius 1 is 1.41 bits per heavy atom. The summed E-state index contributed by atoms with van der Waals surface area (Å²) in [6.07, 6.45) is 2.36. The fraction of sp³-hybridized carbons (Fsp3) is 0.400. The highest BCUT2D eigenvalue weighted by Crippen LogP contribution is 2.39. The largest absolute Gasteiger partial charge is 0.324 e. The molecule has 1 aliphatic carbocycles. The molecule has 1 aromatic heterocycles. The van der Waals surface area contributed by atoms with Crippen molar-refractivity contribution in [2.45, 2.75) is 36.1 Å². The Morgan fingerprint density at radius 3 is 2.82 bits per heavy atom. The van der Waals surface area contributed by atoms with Gasteiger partial charge in [-0.25, -0.2) is 0 Å². The van der Waals surface area contributed by atoms with E-state index in [0.29, 0.717) is 16.6 Å². The number of hydrogen-bond acceptors (Lipinski definition) is 4. The lowest BCUT2D eigenvalue weighted by Gasteiger charge is -2.12. The number of carbonyl (C=O) groups excluding carboxylic acids is 1. The molecule has 1 fully saturated rings. The van der Waals surface area contributed by atoms with Crippen LogP contribution in [0.1, 0.15) is 31.5 Å². The van der Waals surface area contributed by atoms with Gasteiger partial charge in [0, 0.05) is 13.0 Å². The number of hydrogen-bond donors (Lipinski definition) is 1. The first-order valence-electron chi connectivity index (χ1n) is 7.17. The lowest BCUT2D eigenvalue weighted by Crippen LogP contribution is -2.23. The summed E-state index contributed by atoms with van der Waals surface area (Å²) < 4.78 is 1.99. The standard InChI is InChI=1S/C15H17ClN4OS/c1-9(14(21)17-12-6-4-3-5-11(12)16)22-15-19-18-13(20(15)2)10-7-8-10/h3-6,9-10H,7-8H2,1-2H3,(H,17,21)/t9-/m0/s1. The zero-order valence-corrected chi connectivity index (χ0v) is 14.0. The van der Waals surface area contributed by atoms with Gasteiger partial charge >= 0.3 is 0 Å². The Kier molecular flexibility index (Phi) is 4.40. The van der Waals surface area contributed by atoms with Crippen LogP contribution in [0.15, 0.2) is 29.4 Å². The molecule has 116 valence electrons. The average molecular weight is 337 g/mol. The van der Waals surface area contributed by atoms with Crippen LogP contribution in [0.2, 0.25) is 5.02 Å². The van der Waals surface area contributed by atoms with Crippen molar-refractivity contribution in [3.63, 3.8) is 0 Å². The maximum absolute atomic E-state index is 12.3. The summed E-state index contributed by atoms with van der Waals surface area (Å²) in [7, 11) is 1.95. The van der Waals surface area contributed by atoms with E-state index < -0.39 is 0 Å². The molecule has 5 nitrogen and oxygen atoms in total. The van der Waals surface area contributed by atoms with E-state index >= 15 is 0 Å². The quantitative estimate of drug-likeness (QED) is 0.849. The Labute approximate surface area is 138 Å². The molecule has 22 heavy (non-hydrogen) atoms. The van der Waals surface area contributed by atoms with E-state index in [2.05, 4.69) is 15.5 Å². The topological polar surface area (TPSA) is 59.8 Å². The molecule has 0 aliphatic heterocycles. The van der Waals surface area contributed by atoms with Crippen molar-refractivity contribution in [3.8, 4) is 0 Å². The summed E-state index contributed by atoms with van der Waals surface area (Å²) >= 11 is 7.46. The van der Waals surface area contributed by atoms with Gasteiger partial charge in [0.2, 0.25) is 5.91 Å². The maximum atomic E-state index is 12.3. The highest BCUT2D eigenvalue weighted by atomic mass is 35.5. The maximum Gasteiger partial charge on any atom is 0.237 e. The number of nitrogens with zero attached hydrogens (tertiary/aromatic N) is 3. The molecule has 0 bridgehead atoms. The average Bonchev–Trinajstić information content (AvgIpc) is 3.27. The van der Waals surface area contributed by atoms with Crippen LogP contribution in [-0.4, -0.2) is 25.9 Å². The fourth-order valence-corrected chi connectivity index (χ4v) is 3.14. The molecule has 3 rings (SSSR count). The van der Waals surface area contributed by atoms with E-state index in [1.165, 1.54) is 24.6 Å². The van der Waals surface area contributed by atoms with Crippen LogP contribution in [0.4, 0.5) is 5.69 Å². The summed E-state index contributed by atoms with van der Waals surface area (Å²) in [4.78, 5) is 12.3. The van der Waals surface area contributed by atoms with Crippen LogP contribution in [0.3, 0.4) is 0 Å². The predicted molar refractivity (Wildman–Crippen MR) is 88.4 cm³/mol. The number of para-hydroxylation sites is 1. The first-order valence-corrected chi connectivity index (χ1v) is 8.43. The highest BCUT2D eigenvalue weighted by molar-refractivity contribution is 8.00. The smallest absolute Gasteiger partial charge is 0.237 e. The second kappa shape index (κ2) is 6.30. The Bertz CT molecular complexity index is 699. The van der Waals surface area contributed by atoms with Crippen LogP contribution in [-0.2, 0) is 11.8 Å². The molecule has 1 saturated carbocycles. The molecule has 2 aromatic rings. The third-order valence-electron chi connectivity index (χ3n) is 3.59. The molecule has 0 unspecified atom stereocenters. The molecule has 1 aromatic carbocycles. The van der Waals surface area contributed by atoms with Gasteiger partial charge in [0.15, 0.2) is 5.16 Å². The Morgan fingerprint density at radius 2 is 2.14 bits per heavy atom. The number of aromatic nitrogens is 3. The van der Waals surface area contributed by atoms with Crippen molar-refractivity contribution in [3.05, 3.63) is 35.1 Å². The third kappa shape index (κ3) is 3.28. The van der Waals surface area contributed by atoms with Gasteiger partial charge < -0.3 is 9.88 Å². The Balaban J connectivity index is 1.65. The number of nitrogens with one attached hydrogen (secondary N) is 1. The van der Waals surface area contributed by atoms with Gasteiger partial charge in [-0.05, 0) is 31.9 Å². The molecule has 0 saturated heterocycles. The summed E-state index contributed by atoms with van der Waals surface area (Å²) in [6.45, 7) is 1.85. The molecule has 1 amide bonds. The van der Waals surface area contributed by atoms with Crippen LogP contribution in [0.5, 0.6) is 0 Å². The molecule has 1 atom stereocenters. The van der Waals surface area contributed by atoms with E-state index in [-0.39, 0.29) is 11.2 Å². The van der Waals surface area contributed by atoms with Gasteiger partial charge in [0.05, 0.1) is 16.0 Å². The predicted octanol–water partition coefficient (Wildman–Crippen LogP) is 3.47. The summed E-state index contributed by atoms with van der Waals surface area (Å²) in [6, 6.07) is 7.20. The zero-order chi connectivity index (χ0) is 15.7. The molecule has 1 heterocycles. The first-order chi connectivity index (χ1) is 10.6. The Hall–Kier alpha value is -1.53. The first kappa shape index (κ1) is 15.4. The molecule has 0 spiro atoms. The number of anilines is 1. The number of carbonyl (C=O) groups is 1. The normalized spacial score (nSPS) is 15.6. The minimum atomic E-state index is -0.286. The minimum Gasteiger partial charge on any atom is -0.324 e. The van der Waals surface area contributed by atoms with Gasteiger partial charge in [-0.2, -0.15) is 0 Å². The second-order valence-electron chi connectivity index (χ2n) is 5.40. The van der Waals surface area contributed by atoms with Gasteiger partial charge in [0.25, 0.3) is 0 Å². The lowest BCUT2D eigenvalue weighted by atomic mass is 10.3. The van der Waals surface area contributed by atoms with E-state index in [9.17, 15) is 4.79 Å². The van der Waals surface area contributed by atoms with E-state index in [4.69, 9.17) is 11.6 Å². The third-order valence-corrected chi connectivity index (χ3v) is 5.06. The van der Waals surface area contributed by atoms with Crippen molar-refractivity contribution in [1.82, 2.24) is 14.8 Å². The van der Waals surface area contributed by atoms with Crippen LogP contribution in [0.25, 0.3) is 0 Å². The fourth-order valence-electron chi connectivity index (χ4n) is 2.13. The monoisotopic (exact) mass is 336 g/mol. The minimum absolute atomic E-state index is 0.103. The van der Waals surface area contributed by atoms with Crippen molar-refractivity contribution < 1.29 is 4.79 Å². The number of rotatable bonds is 5. The van der Waals surface area contributed by atoms with Crippen LogP contribution in [0, 0.1) is 0 Å². The van der Waals surface area contributed by atoms with Crippen molar-refractivity contribution >= 4 is 35.0 Å². The molecule has 0 radical (unpaired) electrons. The SMILES string of the molecule is C[C@H](Sc1nnc(C2CC2)n1C)C(=O)Nc1ccccc1Cl. The molecule has 7 heteroatoms. The summed E-state index contributed by atoms with van der Waals surface area (Å²) in [5, 5.41) is 12.3. The summed E-state index contributed by atoms with van der Waals surface area (Å²) in [5.74, 6) is 1.45. The second-order valence-corrected chi connectivity index (χ2v) is 7.12. The van der Waals surface area contributed by atoms with Gasteiger partial charge in [-0.3, -0.25) is 4.79 Å². The van der Waals surface area contributed by atoms with Gasteiger partial charge in [0.1, 0.15) is 5.82 Å². The van der Waals surface area contributed by atoms with Crippen molar-refractivity contribution in [2.24, 2.45) is 7.05 Å². The van der Waals surface area contributed by atoms with Gasteiger partial charge in [-0.1, -0.05) is 35.5 Å². The van der Waals surface area contributed by atoms with Gasteiger partial charge in [-0.15, -0.1) is 10.2 Å². The number of amides is 1. The number of benzene rings is 1. The molecular formula is C15H17ClN4OS. The zero-order valence-electron chi connectivity index (χ0n) is 12.4. The van der Waals surface area contributed by atoms with Crippen molar-refractivity contribution in [1.29, 1.82) is 0 Å². The molecule has 1 aliphatic rings. The van der Waals surface area contributed by atoms with Crippen molar-refractivity contribution in [2.75, 3.05) is 5.32 Å². The highest BCUT2D eigenvalue weighted by Gasteiger charge is 2.30. The van der Waals surface area contributed by atoms with E-state index in [1.807, 2.05) is 30.7 Å². The summed E-state index contributed by atoms with van der Waals surface area (Å²) in [5.41, 5.74) is 0.623. The lowest BCUT2D eigenvalue weighted by molar-refractivity contribution is -0.115. The van der Waals surface area contributed by atoms with E-state index in [0.717, 1.165) is 11.0 Å². The number of halogens is 1. The van der Waals surface area contributed by atoms with Crippen LogP contribution >= 0.6 is 23.4 Å². The number of thioether (sulfide) groups is 1.